The van der Waals surface area contributed by atoms with Crippen LogP contribution in [0.5, 0.6) is 0 Å². The first-order valence-electron chi connectivity index (χ1n) is 0. The van der Waals surface area contributed by atoms with E-state index in [4.69, 9.17) is 0 Å². The molecule has 134 heteroatoms. The van der Waals surface area contributed by atoms with Gasteiger partial charge in [0.2, 0.25) is 0 Å². The molecule has 0 unspecified atom stereocenters. The molecule has 0 aromatic carbocycles. The molecule has 0 spiro atoms. The first-order chi connectivity index (χ1) is 0. The van der Waals surface area contributed by atoms with Crippen LogP contribution in [0, 0.1) is 0 Å². The summed E-state index contributed by atoms with van der Waals surface area (Å²) in [6, 6.07) is 0. The fourth-order valence-electron chi connectivity index (χ4n) is 0. The average molecular weight is 18800 g/mol. The molecule has 0 atom stereocenters. The van der Waals surface area contributed by atoms with E-state index in [1.165, 1.54) is 0 Å². The van der Waals surface area contributed by atoms with E-state index in [1.807, 2.05) is 0 Å². The van der Waals surface area contributed by atoms with Crippen LogP contribution in [-0.2, 0) is 257 Å². The Labute approximate surface area is 2550 Å². The van der Waals surface area contributed by atoms with Gasteiger partial charge in [-0.2, -0.15) is 0 Å². The van der Waals surface area contributed by atoms with Gasteiger partial charge in [-0.1, -0.05) is 0 Å². The predicted molar refractivity (Wildman–Crippen MR) is 533 cm³/mol. The van der Waals surface area contributed by atoms with Gasteiger partial charge in [-0.05, 0) is 0 Å². The molecule has 0 saturated carbocycles. The summed E-state index contributed by atoms with van der Waals surface area (Å²) in [5.41, 5.74) is 0. The van der Waals surface area contributed by atoms with Crippen LogP contribution in [0.25, 0.3) is 0 Å². The van der Waals surface area contributed by atoms with E-state index in [0.29, 0.717) is 0 Å². The molecule has 0 rings (SSSR count). The van der Waals surface area contributed by atoms with Gasteiger partial charge in [0.15, 0.2) is 0 Å². The van der Waals surface area contributed by atoms with E-state index >= 15 is 0 Å². The summed E-state index contributed by atoms with van der Waals surface area (Å²) in [6.07, 6.45) is 0. The van der Waals surface area contributed by atoms with Crippen molar-refractivity contribution in [1.82, 2.24) is 0 Å². The molecule has 0 aliphatic carbocycles. The van der Waals surface area contributed by atoms with Crippen molar-refractivity contribution in [3.05, 3.63) is 0 Å². The summed E-state index contributed by atoms with van der Waals surface area (Å²) < 4.78 is 0. The van der Waals surface area contributed by atoms with E-state index in [0.717, 1.165) is 0 Å². The van der Waals surface area contributed by atoms with Gasteiger partial charge in [0.05, 0.1) is 0 Å². The minimum Gasteiger partial charge on any atom is -2.00 e. The Morgan fingerprint density at radius 3 is 0.0149 bits per heavy atom. The van der Waals surface area contributed by atoms with Crippen molar-refractivity contribution in [1.29, 1.82) is 0 Å². The van der Waals surface area contributed by atoms with Crippen LogP contribution in [0.4, 0.5) is 0 Å². The molecule has 0 heterocycles. The zero-order chi connectivity index (χ0) is 0. The van der Waals surface area contributed by atoms with E-state index in [-0.39, 0.29) is 2630 Å². The maximum atomic E-state index is 0. The number of rotatable bonds is 0. The third kappa shape index (κ3) is 1500. The van der Waals surface area contributed by atoms with Gasteiger partial charge in [-0.15, -0.1) is 0 Å². The van der Waals surface area contributed by atoms with Gasteiger partial charge in [0.25, 0.3) is 0 Å². The molecule has 0 N–H and O–H groups in total. The van der Waals surface area contributed by atoms with E-state index in [2.05, 4.69) is 0 Å². The Kier molecular flexibility index (Phi) is 17600. The smallest absolute Gasteiger partial charge is 2.00 e. The van der Waals surface area contributed by atoms with Gasteiger partial charge in [0, 0.05) is 0 Å². The maximum Gasteiger partial charge on any atom is 2.00 e. The second-order valence-corrected chi connectivity index (χ2v) is 0. The van der Waals surface area contributed by atoms with Gasteiger partial charge >= 0.3 is 2370 Å². The standard InChI is InChI=1S/47O.87Pb/q47*-2;87*+2. The van der Waals surface area contributed by atoms with E-state index in [1.54, 1.807) is 0 Å². The Morgan fingerprint density at radius 2 is 0.0149 bits per heavy atom. The zero-order valence-corrected chi connectivity index (χ0v) is 401. The molecule has 0 aliphatic rings. The van der Waals surface area contributed by atoms with Crippen molar-refractivity contribution in [2.45, 2.75) is 0 Å². The summed E-state index contributed by atoms with van der Waals surface area (Å²) in [7, 11) is 0. The Balaban J connectivity index is 0. The van der Waals surface area contributed by atoms with Gasteiger partial charge in [0.1, 0.15) is 0 Å². The maximum absolute atomic E-state index is 0. The van der Waals surface area contributed by atoms with E-state index in [9.17, 15) is 0 Å². The van der Waals surface area contributed by atoms with Crippen LogP contribution in [0.1, 0.15) is 0 Å². The second-order valence-electron chi connectivity index (χ2n) is 0. The van der Waals surface area contributed by atoms with Crippen LogP contribution >= 0.6 is 0 Å². The van der Waals surface area contributed by atoms with Crippen LogP contribution in [-0.4, -0.2) is 2370 Å². The fourth-order valence-corrected chi connectivity index (χ4v) is 0. The number of hydrogen-bond donors (Lipinski definition) is 0. The van der Waals surface area contributed by atoms with Crippen LogP contribution in [0.3, 0.4) is 0 Å². The van der Waals surface area contributed by atoms with E-state index < -0.39 is 0 Å². The molecule has 0 bridgehead atoms. The quantitative estimate of drug-likeness (QED) is 0.204. The summed E-state index contributed by atoms with van der Waals surface area (Å²) in [5, 5.41) is 0. The van der Waals surface area contributed by atoms with Crippen molar-refractivity contribution < 1.29 is 257 Å². The molecular formula is O47Pb87+80. The topological polar surface area (TPSA) is 1340 Å². The molecule has 47 nitrogen and oxygen atoms in total. The molecule has 550 valence electrons. The molecule has 0 saturated heterocycles. The Morgan fingerprint density at radius 1 is 0.0149 bits per heavy atom. The molecule has 0 aliphatic heterocycles. The molecule has 174 radical (unpaired) electrons. The van der Waals surface area contributed by atoms with Crippen molar-refractivity contribution in [3.63, 3.8) is 0 Å². The van der Waals surface area contributed by atoms with Crippen molar-refractivity contribution in [2.24, 2.45) is 0 Å². The van der Waals surface area contributed by atoms with Gasteiger partial charge < -0.3 is 257 Å². The summed E-state index contributed by atoms with van der Waals surface area (Å²) >= 11 is 0. The van der Waals surface area contributed by atoms with Crippen LogP contribution in [0.2, 0.25) is 0 Å². The third-order valence-electron chi connectivity index (χ3n) is 0. The third-order valence-corrected chi connectivity index (χ3v) is 0. The fraction of sp³-hybridized carbons (Fsp3) is 0. The first-order valence-corrected chi connectivity index (χ1v) is 0. The summed E-state index contributed by atoms with van der Waals surface area (Å²) in [5.74, 6) is 0. The first kappa shape index (κ1) is 1550. The minimum absolute atomic E-state index is 0. The zero-order valence-electron chi connectivity index (χ0n) is 62.7. The SMILES string of the molecule is [O-2].[O-2].[O-2].[O-2].[O-2].[O-2].[O-2].[O-2].[O-2].[O-2].[O-2].[O-2].[O-2].[O-2].[O-2].[O-2].[O-2].[O-2].[O-2].[O-2].[O-2].[O-2].[O-2].[O-2].[O-2].[O-2].[O-2].[O-2].[O-2].[O-2].[O-2].[O-2].[O-2].[O-2].[O-2].[O-2].[O-2].[O-2].[O-2].[O-2].[O-2].[O-2].[O-2].[O-2].[O-2].[O-2].[O-2].[Pb+2].[Pb+2].[Pb+2].[Pb+2].[Pb+2].[Pb+2].[Pb+2].[Pb+2].[Pb+2].[Pb+2].[Pb+2].[Pb+2].[Pb+2].[Pb+2].[Pb+2].[Pb+2].[Pb+2].[Pb+2].[Pb+2].[Pb+2].[Pb+2].[Pb+2].[Pb+2].[Pb+2].[Pb+2].[Pb+2].[Pb+2].[Pb+2].[Pb+2].[Pb+2].[Pb+2].[Pb+2].[Pb+2].[Pb+2].[Pb+2].[Pb+2].[Pb+2].[Pb+2].[Pb+2].[Pb+2].[Pb+2].[Pb+2].[Pb+2].[Pb+2].[Pb+2].[Pb+2].[Pb+2].[Pb+2].[Pb+2].[Pb+2].[Pb+2].[Pb+2].[Pb+2].[Pb+2].[Pb+2].[Pb+2].[Pb+2].[Pb+2].[Pb+2].[Pb+2].[Pb+2].[Pb+2].[Pb+2].[Pb+2].[Pb+2].[Pb+2].[Pb+2].[Pb+2].[Pb+2].[Pb+2].[Pb+2].[Pb+2].[Pb+2].[Pb+2].[Pb+2].[Pb+2].[Pb+2].[Pb+2].[Pb+2].[Pb+2].[Pb+2].[Pb+2].[Pb+2].[Pb+2].[Pb+2].[Pb+2].[Pb+2]. The number of hydrogen-bond acceptors (Lipinski definition) is 0. The Hall–Kier alpha value is 78.3. The Bertz CT molecular complexity index is 125. The summed E-state index contributed by atoms with van der Waals surface area (Å²) in [4.78, 5) is 0. The predicted octanol–water partition coefficient (Wildman–Crippen LogP) is -38.7. The van der Waals surface area contributed by atoms with Crippen LogP contribution in [0.15, 0.2) is 0 Å². The van der Waals surface area contributed by atoms with Crippen molar-refractivity contribution in [3.8, 4) is 0 Å². The van der Waals surface area contributed by atoms with Gasteiger partial charge in [-0.25, -0.2) is 0 Å². The van der Waals surface area contributed by atoms with Gasteiger partial charge in [-0.3, -0.25) is 0 Å². The molecule has 134 heavy (non-hydrogen) atoms. The molecule has 0 aromatic rings. The summed E-state index contributed by atoms with van der Waals surface area (Å²) in [6.45, 7) is 0. The largest absolute Gasteiger partial charge is 2.00 e. The molecule has 0 amide bonds. The van der Waals surface area contributed by atoms with Crippen LogP contribution < -0.4 is 0 Å². The molecule has 0 aromatic heterocycles. The molecular weight excluding hydrogens is 18800 g/mol. The second kappa shape index (κ2) is 1520. The van der Waals surface area contributed by atoms with Crippen molar-refractivity contribution >= 4 is 2370 Å². The minimum atomic E-state index is 0. The van der Waals surface area contributed by atoms with Crippen molar-refractivity contribution in [2.75, 3.05) is 0 Å². The normalized spacial score (nSPS) is 0. The monoisotopic (exact) mass is 18800 g/mol. The average Bonchev–Trinajstić information content (AvgIpc) is 0. The molecule has 0 fully saturated rings.